The monoisotopic (exact) mass is 296 g/mol. The second-order valence-corrected chi connectivity index (χ2v) is 6.79. The van der Waals surface area contributed by atoms with E-state index in [0.717, 1.165) is 39.2 Å². The van der Waals surface area contributed by atoms with Gasteiger partial charge < -0.3 is 15.0 Å². The van der Waals surface area contributed by atoms with Crippen molar-refractivity contribution in [2.75, 3.05) is 39.9 Å². The largest absolute Gasteiger partial charge is 0.383 e. The maximum absolute atomic E-state index is 12.0. The van der Waals surface area contributed by atoms with Crippen LogP contribution in [0.15, 0.2) is 0 Å². The molecule has 0 bridgehead atoms. The number of nitrogens with zero attached hydrogens (tertiary/aromatic N) is 1. The quantitative estimate of drug-likeness (QED) is 0.784. The first-order valence-corrected chi connectivity index (χ1v) is 8.76. The first kappa shape index (κ1) is 16.8. The van der Waals surface area contributed by atoms with Gasteiger partial charge in [-0.05, 0) is 50.6 Å². The number of carbonyl (C=O) groups is 1. The summed E-state index contributed by atoms with van der Waals surface area (Å²) < 4.78 is 5.12. The number of ether oxygens (including phenoxy) is 1. The van der Waals surface area contributed by atoms with Gasteiger partial charge in [0.15, 0.2) is 0 Å². The van der Waals surface area contributed by atoms with Crippen molar-refractivity contribution < 1.29 is 9.53 Å². The van der Waals surface area contributed by atoms with E-state index < -0.39 is 0 Å². The van der Waals surface area contributed by atoms with Crippen molar-refractivity contribution >= 4 is 5.91 Å². The van der Waals surface area contributed by atoms with E-state index >= 15 is 0 Å². The van der Waals surface area contributed by atoms with Crippen LogP contribution >= 0.6 is 0 Å². The van der Waals surface area contributed by atoms with E-state index in [2.05, 4.69) is 10.2 Å². The fourth-order valence-corrected chi connectivity index (χ4v) is 3.62. The number of hydrogen-bond acceptors (Lipinski definition) is 3. The minimum atomic E-state index is 0.281. The Morgan fingerprint density at radius 2 is 1.81 bits per heavy atom. The summed E-state index contributed by atoms with van der Waals surface area (Å²) in [6, 6.07) is 0. The Morgan fingerprint density at radius 3 is 2.48 bits per heavy atom. The van der Waals surface area contributed by atoms with Crippen molar-refractivity contribution in [2.24, 2.45) is 11.8 Å². The number of piperidine rings is 1. The summed E-state index contributed by atoms with van der Waals surface area (Å²) in [6.07, 6.45) is 9.67. The predicted octanol–water partition coefficient (Wildman–Crippen LogP) is 2.43. The summed E-state index contributed by atoms with van der Waals surface area (Å²) in [5, 5.41) is 3.18. The van der Waals surface area contributed by atoms with Gasteiger partial charge >= 0.3 is 0 Å². The van der Waals surface area contributed by atoms with Crippen molar-refractivity contribution in [2.45, 2.75) is 51.4 Å². The normalized spacial score (nSPS) is 22.3. The van der Waals surface area contributed by atoms with Gasteiger partial charge in [0.2, 0.25) is 5.91 Å². The summed E-state index contributed by atoms with van der Waals surface area (Å²) >= 11 is 0. The van der Waals surface area contributed by atoms with Gasteiger partial charge in [0.05, 0.1) is 6.61 Å². The number of hydrogen-bond donors (Lipinski definition) is 1. The van der Waals surface area contributed by atoms with E-state index in [1.54, 1.807) is 7.11 Å². The van der Waals surface area contributed by atoms with Gasteiger partial charge in [0, 0.05) is 26.6 Å². The van der Waals surface area contributed by atoms with Crippen LogP contribution in [0.4, 0.5) is 0 Å². The molecule has 1 amide bonds. The summed E-state index contributed by atoms with van der Waals surface area (Å²) in [4.78, 5) is 14.5. The number of amides is 1. The smallest absolute Gasteiger partial charge is 0.220 e. The molecule has 1 saturated heterocycles. The molecule has 0 spiro atoms. The number of likely N-dealkylation sites (tertiary alicyclic amines) is 1. The van der Waals surface area contributed by atoms with E-state index in [1.165, 1.54) is 44.9 Å². The highest BCUT2D eigenvalue weighted by Crippen LogP contribution is 2.26. The van der Waals surface area contributed by atoms with E-state index in [4.69, 9.17) is 4.74 Å². The molecule has 0 aromatic rings. The standard InChI is InChI=1S/C17H32N2O2/c1-21-12-11-19-9-7-16(8-10-19)14-18-17(20)13-15-5-3-2-4-6-15/h15-16H,2-14H2,1H3,(H,18,20). The molecule has 122 valence electrons. The zero-order valence-corrected chi connectivity index (χ0v) is 13.6. The van der Waals surface area contributed by atoms with Crippen molar-refractivity contribution in [3.63, 3.8) is 0 Å². The minimum absolute atomic E-state index is 0.281. The Balaban J connectivity index is 1.55. The molecule has 2 aliphatic rings. The van der Waals surface area contributed by atoms with Gasteiger partial charge in [-0.3, -0.25) is 4.79 Å². The Kier molecular flexibility index (Phi) is 7.51. The predicted molar refractivity (Wildman–Crippen MR) is 85.2 cm³/mol. The van der Waals surface area contributed by atoms with Crippen LogP contribution < -0.4 is 5.32 Å². The van der Waals surface area contributed by atoms with Crippen molar-refractivity contribution in [3.05, 3.63) is 0 Å². The topological polar surface area (TPSA) is 41.6 Å². The lowest BCUT2D eigenvalue weighted by Crippen LogP contribution is -2.40. The molecule has 1 N–H and O–H groups in total. The first-order chi connectivity index (χ1) is 10.3. The third-order valence-corrected chi connectivity index (χ3v) is 5.11. The molecule has 1 heterocycles. The van der Waals surface area contributed by atoms with Gasteiger partial charge in [-0.1, -0.05) is 19.3 Å². The summed E-state index contributed by atoms with van der Waals surface area (Å²) in [5.74, 6) is 1.59. The van der Waals surface area contributed by atoms with Crippen LogP contribution in [0.1, 0.15) is 51.4 Å². The van der Waals surface area contributed by atoms with Crippen LogP contribution in [-0.2, 0) is 9.53 Å². The zero-order valence-electron chi connectivity index (χ0n) is 13.6. The Labute approximate surface area is 129 Å². The van der Waals surface area contributed by atoms with E-state index in [-0.39, 0.29) is 5.91 Å². The zero-order chi connectivity index (χ0) is 14.9. The van der Waals surface area contributed by atoms with Gasteiger partial charge in [-0.25, -0.2) is 0 Å². The highest BCUT2D eigenvalue weighted by atomic mass is 16.5. The molecular weight excluding hydrogens is 264 g/mol. The lowest BCUT2D eigenvalue weighted by molar-refractivity contribution is -0.122. The van der Waals surface area contributed by atoms with Crippen LogP contribution in [0.5, 0.6) is 0 Å². The summed E-state index contributed by atoms with van der Waals surface area (Å²) in [6.45, 7) is 5.03. The van der Waals surface area contributed by atoms with Gasteiger partial charge in [0.25, 0.3) is 0 Å². The van der Waals surface area contributed by atoms with E-state index in [0.29, 0.717) is 11.8 Å². The average molecular weight is 296 g/mol. The van der Waals surface area contributed by atoms with E-state index in [1.807, 2.05) is 0 Å². The van der Waals surface area contributed by atoms with Gasteiger partial charge in [0.1, 0.15) is 0 Å². The molecule has 0 aromatic carbocycles. The molecule has 0 radical (unpaired) electrons. The molecular formula is C17H32N2O2. The van der Waals surface area contributed by atoms with Crippen molar-refractivity contribution in [1.29, 1.82) is 0 Å². The van der Waals surface area contributed by atoms with Crippen LogP contribution in [-0.4, -0.2) is 50.7 Å². The minimum Gasteiger partial charge on any atom is -0.383 e. The fraction of sp³-hybridized carbons (Fsp3) is 0.941. The fourth-order valence-electron chi connectivity index (χ4n) is 3.62. The lowest BCUT2D eigenvalue weighted by atomic mass is 9.87. The highest BCUT2D eigenvalue weighted by Gasteiger charge is 2.21. The molecule has 1 aliphatic carbocycles. The van der Waals surface area contributed by atoms with Crippen LogP contribution in [0, 0.1) is 11.8 Å². The second-order valence-electron chi connectivity index (χ2n) is 6.79. The maximum Gasteiger partial charge on any atom is 0.220 e. The number of nitrogens with one attached hydrogen (secondary N) is 1. The third kappa shape index (κ3) is 6.35. The summed E-state index contributed by atoms with van der Waals surface area (Å²) in [5.41, 5.74) is 0. The molecule has 0 aromatic heterocycles. The molecule has 21 heavy (non-hydrogen) atoms. The molecule has 1 aliphatic heterocycles. The average Bonchev–Trinajstić information content (AvgIpc) is 2.53. The van der Waals surface area contributed by atoms with Crippen LogP contribution in [0.2, 0.25) is 0 Å². The highest BCUT2D eigenvalue weighted by molar-refractivity contribution is 5.76. The lowest BCUT2D eigenvalue weighted by Gasteiger charge is -2.31. The van der Waals surface area contributed by atoms with Gasteiger partial charge in [-0.2, -0.15) is 0 Å². The molecule has 2 rings (SSSR count). The second kappa shape index (κ2) is 9.42. The molecule has 4 heteroatoms. The first-order valence-electron chi connectivity index (χ1n) is 8.76. The number of methoxy groups -OCH3 is 1. The Bertz CT molecular complexity index is 295. The maximum atomic E-state index is 12.0. The number of carbonyl (C=O) groups excluding carboxylic acids is 1. The van der Waals surface area contributed by atoms with E-state index in [9.17, 15) is 4.79 Å². The number of rotatable bonds is 7. The Morgan fingerprint density at radius 1 is 1.10 bits per heavy atom. The van der Waals surface area contributed by atoms with Gasteiger partial charge in [-0.15, -0.1) is 0 Å². The SMILES string of the molecule is COCCN1CCC(CNC(=O)CC2CCCCC2)CC1. The summed E-state index contributed by atoms with van der Waals surface area (Å²) in [7, 11) is 1.76. The molecule has 1 saturated carbocycles. The van der Waals surface area contributed by atoms with Crippen molar-refractivity contribution in [1.82, 2.24) is 10.2 Å². The molecule has 4 nitrogen and oxygen atoms in total. The third-order valence-electron chi connectivity index (χ3n) is 5.11. The molecule has 2 fully saturated rings. The molecule has 0 unspecified atom stereocenters. The van der Waals surface area contributed by atoms with Crippen LogP contribution in [0.25, 0.3) is 0 Å². The molecule has 0 atom stereocenters. The Hall–Kier alpha value is -0.610. The van der Waals surface area contributed by atoms with Crippen LogP contribution in [0.3, 0.4) is 0 Å². The van der Waals surface area contributed by atoms with Crippen molar-refractivity contribution in [3.8, 4) is 0 Å².